The van der Waals surface area contributed by atoms with Crippen molar-refractivity contribution < 1.29 is 9.47 Å². The van der Waals surface area contributed by atoms with Crippen LogP contribution in [0, 0.1) is 6.92 Å². The molecule has 0 aliphatic carbocycles. The molecule has 7 nitrogen and oxygen atoms in total. The van der Waals surface area contributed by atoms with Crippen LogP contribution in [0.2, 0.25) is 0 Å². The monoisotopic (exact) mass is 345 g/mol. The van der Waals surface area contributed by atoms with Gasteiger partial charge in [-0.15, -0.1) is 0 Å². The van der Waals surface area contributed by atoms with E-state index >= 15 is 0 Å². The second kappa shape index (κ2) is 9.56. The number of rotatable bonds is 8. The molecule has 2 N–H and O–H groups in total. The molecule has 0 saturated carbocycles. The van der Waals surface area contributed by atoms with E-state index in [0.29, 0.717) is 24.1 Å². The van der Waals surface area contributed by atoms with Crippen LogP contribution in [0.25, 0.3) is 0 Å². The lowest BCUT2D eigenvalue weighted by Crippen LogP contribution is -2.31. The van der Waals surface area contributed by atoms with Gasteiger partial charge in [0.2, 0.25) is 0 Å². The molecule has 0 bridgehead atoms. The van der Waals surface area contributed by atoms with E-state index in [1.165, 1.54) is 5.56 Å². The molecule has 0 aliphatic heterocycles. The second-order valence-corrected chi connectivity index (χ2v) is 5.56. The zero-order valence-electron chi connectivity index (χ0n) is 15.4. The second-order valence-electron chi connectivity index (χ2n) is 5.56. The summed E-state index contributed by atoms with van der Waals surface area (Å²) in [5.74, 6) is 2.13. The van der Waals surface area contributed by atoms with E-state index in [1.54, 1.807) is 14.2 Å². The minimum absolute atomic E-state index is 0.583. The van der Waals surface area contributed by atoms with E-state index in [0.717, 1.165) is 25.2 Å². The molecule has 0 radical (unpaired) electrons. The average molecular weight is 345 g/mol. The Labute approximate surface area is 149 Å². The SMILES string of the molecule is CCOc1cc(NC(=NC)NCCCn2cc(C)cn2)ccc1OC. The van der Waals surface area contributed by atoms with Gasteiger partial charge in [0.05, 0.1) is 19.9 Å². The summed E-state index contributed by atoms with van der Waals surface area (Å²) in [6.07, 6.45) is 4.86. The van der Waals surface area contributed by atoms with Crippen LogP contribution in [-0.2, 0) is 6.54 Å². The summed E-state index contributed by atoms with van der Waals surface area (Å²) in [7, 11) is 3.38. The first kappa shape index (κ1) is 18.6. The highest BCUT2D eigenvalue weighted by Crippen LogP contribution is 2.30. The number of ether oxygens (including phenoxy) is 2. The van der Waals surface area contributed by atoms with Crippen molar-refractivity contribution in [3.8, 4) is 11.5 Å². The lowest BCUT2D eigenvalue weighted by Gasteiger charge is -2.14. The van der Waals surface area contributed by atoms with E-state index < -0.39 is 0 Å². The molecule has 0 spiro atoms. The lowest BCUT2D eigenvalue weighted by molar-refractivity contribution is 0.311. The quantitative estimate of drug-likeness (QED) is 0.437. The number of hydrogen-bond donors (Lipinski definition) is 2. The van der Waals surface area contributed by atoms with Crippen LogP contribution in [0.15, 0.2) is 35.6 Å². The van der Waals surface area contributed by atoms with Crippen LogP contribution in [-0.4, -0.2) is 43.0 Å². The Hall–Kier alpha value is -2.70. The summed E-state index contributed by atoms with van der Waals surface area (Å²) >= 11 is 0. The highest BCUT2D eigenvalue weighted by atomic mass is 16.5. The number of nitrogens with one attached hydrogen (secondary N) is 2. The summed E-state index contributed by atoms with van der Waals surface area (Å²) in [4.78, 5) is 4.25. The van der Waals surface area contributed by atoms with E-state index in [2.05, 4.69) is 20.7 Å². The van der Waals surface area contributed by atoms with Crippen LogP contribution in [0.4, 0.5) is 5.69 Å². The molecule has 0 unspecified atom stereocenters. The lowest BCUT2D eigenvalue weighted by atomic mass is 10.2. The number of benzene rings is 1. The first-order valence-electron chi connectivity index (χ1n) is 8.43. The first-order valence-corrected chi connectivity index (χ1v) is 8.43. The molecule has 0 saturated heterocycles. The number of aliphatic imine (C=N–C) groups is 1. The molecule has 1 aromatic carbocycles. The number of aryl methyl sites for hydroxylation is 2. The summed E-state index contributed by atoms with van der Waals surface area (Å²) < 4.78 is 12.8. The fourth-order valence-electron chi connectivity index (χ4n) is 2.38. The Morgan fingerprint density at radius 3 is 2.80 bits per heavy atom. The van der Waals surface area contributed by atoms with Crippen molar-refractivity contribution in [1.29, 1.82) is 0 Å². The van der Waals surface area contributed by atoms with Gasteiger partial charge >= 0.3 is 0 Å². The highest BCUT2D eigenvalue weighted by Gasteiger charge is 2.07. The van der Waals surface area contributed by atoms with Crippen LogP contribution in [0.3, 0.4) is 0 Å². The molecule has 0 atom stereocenters. The Bertz CT molecular complexity index is 697. The van der Waals surface area contributed by atoms with Gasteiger partial charge in [-0.05, 0) is 38.0 Å². The third-order valence-corrected chi connectivity index (χ3v) is 3.57. The molecule has 7 heteroatoms. The van der Waals surface area contributed by atoms with Gasteiger partial charge < -0.3 is 20.1 Å². The summed E-state index contributed by atoms with van der Waals surface area (Å²) in [5, 5.41) is 10.8. The van der Waals surface area contributed by atoms with Crippen molar-refractivity contribution in [3.05, 3.63) is 36.2 Å². The van der Waals surface area contributed by atoms with Crippen LogP contribution in [0.1, 0.15) is 18.9 Å². The number of aromatic nitrogens is 2. The highest BCUT2D eigenvalue weighted by molar-refractivity contribution is 5.93. The molecular formula is C18H27N5O2. The van der Waals surface area contributed by atoms with Crippen LogP contribution in [0.5, 0.6) is 11.5 Å². The number of methoxy groups -OCH3 is 1. The van der Waals surface area contributed by atoms with Crippen molar-refractivity contribution in [2.75, 3.05) is 32.6 Å². The summed E-state index contributed by atoms with van der Waals surface area (Å²) in [5.41, 5.74) is 2.06. The molecule has 0 amide bonds. The van der Waals surface area contributed by atoms with Gasteiger partial charge in [-0.1, -0.05) is 0 Å². The maximum Gasteiger partial charge on any atom is 0.195 e. The van der Waals surface area contributed by atoms with Crippen molar-refractivity contribution in [2.24, 2.45) is 4.99 Å². The molecule has 1 heterocycles. The first-order chi connectivity index (χ1) is 12.2. The predicted octanol–water partition coefficient (Wildman–Crippen LogP) is 2.68. The maximum atomic E-state index is 5.60. The third-order valence-electron chi connectivity index (χ3n) is 3.57. The number of guanidine groups is 1. The molecule has 0 aliphatic rings. The minimum Gasteiger partial charge on any atom is -0.493 e. The summed E-state index contributed by atoms with van der Waals surface area (Å²) in [6, 6.07) is 5.71. The standard InChI is InChI=1S/C18H27N5O2/c1-5-25-17-11-15(7-8-16(17)24-4)22-18(19-3)20-9-6-10-23-13-14(2)12-21-23/h7-8,11-13H,5-6,9-10H2,1-4H3,(H2,19,20,22). The molecule has 136 valence electrons. The Balaban J connectivity index is 1.85. The zero-order valence-corrected chi connectivity index (χ0v) is 15.4. The number of anilines is 1. The molecule has 2 rings (SSSR count). The third kappa shape index (κ3) is 5.70. The van der Waals surface area contributed by atoms with E-state index in [4.69, 9.17) is 9.47 Å². The topological polar surface area (TPSA) is 72.7 Å². The van der Waals surface area contributed by atoms with Gasteiger partial charge in [-0.2, -0.15) is 5.10 Å². The maximum absolute atomic E-state index is 5.60. The van der Waals surface area contributed by atoms with E-state index in [-0.39, 0.29) is 0 Å². The largest absolute Gasteiger partial charge is 0.493 e. The molecular weight excluding hydrogens is 318 g/mol. The normalized spacial score (nSPS) is 11.3. The number of nitrogens with zero attached hydrogens (tertiary/aromatic N) is 3. The Morgan fingerprint density at radius 1 is 1.32 bits per heavy atom. The van der Waals surface area contributed by atoms with Gasteiger partial charge in [-0.25, -0.2) is 0 Å². The van der Waals surface area contributed by atoms with Gasteiger partial charge in [0.15, 0.2) is 17.5 Å². The smallest absolute Gasteiger partial charge is 0.195 e. The van der Waals surface area contributed by atoms with Gasteiger partial charge in [0, 0.05) is 38.1 Å². The minimum atomic E-state index is 0.583. The molecule has 2 aromatic rings. The molecule has 0 fully saturated rings. The fourth-order valence-corrected chi connectivity index (χ4v) is 2.38. The van der Waals surface area contributed by atoms with E-state index in [9.17, 15) is 0 Å². The Morgan fingerprint density at radius 2 is 2.16 bits per heavy atom. The van der Waals surface area contributed by atoms with Gasteiger partial charge in [0.1, 0.15) is 0 Å². The molecule has 25 heavy (non-hydrogen) atoms. The fraction of sp³-hybridized carbons (Fsp3) is 0.444. The van der Waals surface area contributed by atoms with Gasteiger partial charge in [0.25, 0.3) is 0 Å². The van der Waals surface area contributed by atoms with Crippen LogP contribution < -0.4 is 20.1 Å². The van der Waals surface area contributed by atoms with Crippen molar-refractivity contribution in [1.82, 2.24) is 15.1 Å². The van der Waals surface area contributed by atoms with Crippen molar-refractivity contribution in [3.63, 3.8) is 0 Å². The molecule has 1 aromatic heterocycles. The summed E-state index contributed by atoms with van der Waals surface area (Å²) in [6.45, 7) is 6.24. The zero-order chi connectivity index (χ0) is 18.1. The van der Waals surface area contributed by atoms with Crippen molar-refractivity contribution in [2.45, 2.75) is 26.8 Å². The van der Waals surface area contributed by atoms with Crippen LogP contribution >= 0.6 is 0 Å². The average Bonchev–Trinajstić information content (AvgIpc) is 3.03. The van der Waals surface area contributed by atoms with E-state index in [1.807, 2.05) is 49.1 Å². The van der Waals surface area contributed by atoms with Gasteiger partial charge in [-0.3, -0.25) is 9.67 Å². The predicted molar refractivity (Wildman–Crippen MR) is 101 cm³/mol. The number of hydrogen-bond acceptors (Lipinski definition) is 4. The Kier molecular flexibility index (Phi) is 7.13. The van der Waals surface area contributed by atoms with Crippen molar-refractivity contribution >= 4 is 11.6 Å².